The van der Waals surface area contributed by atoms with Gasteiger partial charge < -0.3 is 20.1 Å². The van der Waals surface area contributed by atoms with Crippen molar-refractivity contribution in [2.24, 2.45) is 0 Å². The number of piperazine rings is 1. The van der Waals surface area contributed by atoms with E-state index in [4.69, 9.17) is 25.2 Å². The fraction of sp³-hybridized carbons (Fsp3) is 0.500. The van der Waals surface area contributed by atoms with Crippen LogP contribution in [0.5, 0.6) is 6.01 Å². The van der Waals surface area contributed by atoms with E-state index in [9.17, 15) is 9.65 Å². The molecule has 4 aromatic rings. The van der Waals surface area contributed by atoms with E-state index in [-0.39, 0.29) is 35.8 Å². The molecule has 2 aromatic carbocycles. The van der Waals surface area contributed by atoms with Crippen LogP contribution >= 0.6 is 11.3 Å². The topological polar surface area (TPSA) is 104 Å². The first-order chi connectivity index (χ1) is 22.3. The molecule has 5 atom stereocenters. The fourth-order valence-electron chi connectivity index (χ4n) is 9.93. The summed E-state index contributed by atoms with van der Waals surface area (Å²) in [4.78, 5) is 16.9. The molecule has 6 aliphatic rings. The number of alkyl halides is 1. The second kappa shape index (κ2) is 9.25. The van der Waals surface area contributed by atoms with Crippen molar-refractivity contribution in [3.05, 3.63) is 40.7 Å². The van der Waals surface area contributed by atoms with Crippen molar-refractivity contribution in [1.82, 2.24) is 19.8 Å². The molecule has 1 spiro atoms. The molecule has 5 aliphatic heterocycles. The number of benzene rings is 2. The van der Waals surface area contributed by atoms with Crippen LogP contribution in [-0.2, 0) is 18.0 Å². The molecule has 1 aliphatic carbocycles. The average Bonchev–Trinajstić information content (AvgIpc) is 3.78. The largest absolute Gasteiger partial charge is 0.461 e. The van der Waals surface area contributed by atoms with Crippen LogP contribution < -0.4 is 15.4 Å². The molecule has 4 saturated heterocycles. The van der Waals surface area contributed by atoms with Crippen molar-refractivity contribution in [3.8, 4) is 23.2 Å². The van der Waals surface area contributed by atoms with Crippen molar-refractivity contribution in [1.29, 1.82) is 5.26 Å². The summed E-state index contributed by atoms with van der Waals surface area (Å²) in [7, 11) is 2.18. The zero-order valence-electron chi connectivity index (χ0n) is 25.5. The zero-order chi connectivity index (χ0) is 31.1. The maximum atomic E-state index is 17.4. The summed E-state index contributed by atoms with van der Waals surface area (Å²) in [6.45, 7) is 3.02. The number of nitrogen functional groups attached to an aromatic ring is 1. The van der Waals surface area contributed by atoms with Gasteiger partial charge in [0.25, 0.3) is 0 Å². The summed E-state index contributed by atoms with van der Waals surface area (Å²) in [5, 5.41) is 11.8. The summed E-state index contributed by atoms with van der Waals surface area (Å²) < 4.78 is 45.2. The molecule has 4 unspecified atom stereocenters. The number of aromatic nitrogens is 2. The molecule has 46 heavy (non-hydrogen) atoms. The minimum absolute atomic E-state index is 0.120. The molecule has 0 radical (unpaired) electrons. The SMILES string of the molecule is CN1CC2N(c3nc(OC[C@@]45CCCN4CC(F)C5)nc4c(F)c(-c5cccc6sc(N)c(C#N)c56)c5c(c34)COC5)C3CCC321. The normalized spacial score (nSPS) is 31.2. The maximum absolute atomic E-state index is 17.4. The van der Waals surface area contributed by atoms with Gasteiger partial charge in [0.05, 0.1) is 47.3 Å². The van der Waals surface area contributed by atoms with Crippen LogP contribution in [0.25, 0.3) is 32.1 Å². The Hall–Kier alpha value is -3.63. The number of likely N-dealkylation sites (N-methyl/N-ethyl adjacent to an activating group) is 1. The molecule has 9 nitrogen and oxygen atoms in total. The van der Waals surface area contributed by atoms with Gasteiger partial charge in [-0.05, 0) is 62.0 Å². The number of hydrogen-bond acceptors (Lipinski definition) is 10. The number of thiophene rings is 1. The average molecular weight is 642 g/mol. The Bertz CT molecular complexity index is 2040. The number of anilines is 2. The summed E-state index contributed by atoms with van der Waals surface area (Å²) >= 11 is 1.33. The molecular weight excluding hydrogens is 608 g/mol. The van der Waals surface area contributed by atoms with Gasteiger partial charge in [0, 0.05) is 35.2 Å². The number of hydrogen-bond donors (Lipinski definition) is 1. The molecular formula is C34H33F2N7O2S. The van der Waals surface area contributed by atoms with Gasteiger partial charge in [-0.1, -0.05) is 12.1 Å². The monoisotopic (exact) mass is 641 g/mol. The molecule has 0 bridgehead atoms. The van der Waals surface area contributed by atoms with Gasteiger partial charge in [-0.25, -0.2) is 8.78 Å². The van der Waals surface area contributed by atoms with Crippen molar-refractivity contribution in [2.75, 3.05) is 43.9 Å². The Morgan fingerprint density at radius 1 is 1.17 bits per heavy atom. The van der Waals surface area contributed by atoms with E-state index in [1.807, 2.05) is 18.2 Å². The van der Waals surface area contributed by atoms with E-state index in [0.29, 0.717) is 69.9 Å². The van der Waals surface area contributed by atoms with Crippen LogP contribution in [0.3, 0.4) is 0 Å². The molecule has 1 saturated carbocycles. The molecule has 10 rings (SSSR count). The van der Waals surface area contributed by atoms with E-state index < -0.39 is 12.0 Å². The highest BCUT2D eigenvalue weighted by molar-refractivity contribution is 7.23. The van der Waals surface area contributed by atoms with E-state index in [1.165, 1.54) is 11.3 Å². The zero-order valence-corrected chi connectivity index (χ0v) is 26.3. The highest BCUT2D eigenvalue weighted by Gasteiger charge is 2.74. The lowest BCUT2D eigenvalue weighted by Gasteiger charge is -2.80. The first-order valence-electron chi connectivity index (χ1n) is 16.2. The highest BCUT2D eigenvalue weighted by Crippen LogP contribution is 2.62. The molecule has 7 heterocycles. The number of halogens is 2. The number of rotatable bonds is 5. The van der Waals surface area contributed by atoms with E-state index >= 15 is 4.39 Å². The number of ether oxygens (including phenoxy) is 2. The maximum Gasteiger partial charge on any atom is 0.319 e. The van der Waals surface area contributed by atoms with Crippen molar-refractivity contribution >= 4 is 43.1 Å². The van der Waals surface area contributed by atoms with E-state index in [2.05, 4.69) is 27.8 Å². The number of piperidine rings is 1. The summed E-state index contributed by atoms with van der Waals surface area (Å²) in [6, 6.07) is 8.59. The molecule has 2 N–H and O–H groups in total. The molecule has 12 heteroatoms. The molecule has 2 aromatic heterocycles. The van der Waals surface area contributed by atoms with Crippen LogP contribution in [0.1, 0.15) is 48.8 Å². The van der Waals surface area contributed by atoms with Gasteiger partial charge in [-0.15, -0.1) is 11.3 Å². The van der Waals surface area contributed by atoms with Crippen LogP contribution in [0.15, 0.2) is 18.2 Å². The van der Waals surface area contributed by atoms with Crippen molar-refractivity contribution < 1.29 is 18.3 Å². The molecule has 236 valence electrons. The van der Waals surface area contributed by atoms with Gasteiger partial charge in [0.2, 0.25) is 0 Å². The lowest BCUT2D eigenvalue weighted by Crippen LogP contribution is -2.95. The van der Waals surface area contributed by atoms with Gasteiger partial charge in [-0.3, -0.25) is 9.80 Å². The number of fused-ring (bicyclic) bond motifs is 5. The van der Waals surface area contributed by atoms with Gasteiger partial charge in [0.1, 0.15) is 35.2 Å². The minimum Gasteiger partial charge on any atom is -0.461 e. The van der Waals surface area contributed by atoms with Crippen LogP contribution in [0.4, 0.5) is 19.6 Å². The number of nitriles is 1. The third kappa shape index (κ3) is 3.27. The number of nitrogens with two attached hydrogens (primary N) is 1. The number of nitrogens with zero attached hydrogens (tertiary/aromatic N) is 6. The minimum atomic E-state index is -0.879. The quantitative estimate of drug-likeness (QED) is 0.318. The van der Waals surface area contributed by atoms with Gasteiger partial charge >= 0.3 is 6.01 Å². The smallest absolute Gasteiger partial charge is 0.319 e. The third-order valence-corrected chi connectivity index (χ3v) is 13.1. The lowest BCUT2D eigenvalue weighted by molar-refractivity contribution is -0.164. The van der Waals surface area contributed by atoms with Crippen LogP contribution in [-0.4, -0.2) is 82.4 Å². The Kier molecular flexibility index (Phi) is 5.53. The lowest BCUT2D eigenvalue weighted by atomic mass is 9.52. The molecule has 5 fully saturated rings. The molecule has 0 amide bonds. The van der Waals surface area contributed by atoms with Crippen molar-refractivity contribution in [2.45, 2.75) is 74.7 Å². The summed E-state index contributed by atoms with van der Waals surface area (Å²) in [5.74, 6) is 0.224. The second-order valence-corrected chi connectivity index (χ2v) is 15.1. The van der Waals surface area contributed by atoms with Crippen LogP contribution in [0, 0.1) is 17.1 Å². The Labute approximate surface area is 268 Å². The fourth-order valence-corrected chi connectivity index (χ4v) is 10.9. The first kappa shape index (κ1) is 27.5. The second-order valence-electron chi connectivity index (χ2n) is 14.0. The van der Waals surface area contributed by atoms with Gasteiger partial charge in [-0.2, -0.15) is 15.2 Å². The first-order valence-corrected chi connectivity index (χ1v) is 17.0. The van der Waals surface area contributed by atoms with Crippen molar-refractivity contribution in [3.63, 3.8) is 0 Å². The summed E-state index contributed by atoms with van der Waals surface area (Å²) in [6.07, 6.45) is 3.61. The highest BCUT2D eigenvalue weighted by atomic mass is 32.1. The predicted octanol–water partition coefficient (Wildman–Crippen LogP) is 5.13. The Balaban J connectivity index is 1.18. The van der Waals surface area contributed by atoms with E-state index in [0.717, 1.165) is 54.6 Å². The van der Waals surface area contributed by atoms with Gasteiger partial charge in [0.15, 0.2) is 5.82 Å². The number of likely N-dealkylation sites (tertiary alicyclic amines) is 1. The Morgan fingerprint density at radius 2 is 2.04 bits per heavy atom. The van der Waals surface area contributed by atoms with E-state index in [1.54, 1.807) is 0 Å². The predicted molar refractivity (Wildman–Crippen MR) is 171 cm³/mol. The van der Waals surface area contributed by atoms with Crippen LogP contribution in [0.2, 0.25) is 0 Å². The Morgan fingerprint density at radius 3 is 2.83 bits per heavy atom. The standard InChI is InChI=1S/C34H33F2N7O2S/c1-41-13-24-34(41)8-6-23(34)43(24)31-27-21-15-44-14-20(21)26(18-4-2-5-22-25(18)19(11-37)30(38)46-22)28(36)29(27)39-32(40-31)45-16-33-7-3-9-42(33)12-17(35)10-33/h2,4-5,17,23-24H,3,6-10,12-16,38H2,1H3/t17?,23?,24?,33-,34?/m0/s1. The third-order valence-electron chi connectivity index (χ3n) is 12.2. The summed E-state index contributed by atoms with van der Waals surface area (Å²) in [5.41, 5.74) is 9.22.